The quantitative estimate of drug-likeness (QED) is 0.133. The molecule has 4 nitrogen and oxygen atoms in total. The molecule has 0 bridgehead atoms. The molecule has 0 spiro atoms. The summed E-state index contributed by atoms with van der Waals surface area (Å²) in [4.78, 5) is 20.0. The summed E-state index contributed by atoms with van der Waals surface area (Å²) in [6.07, 6.45) is 12.8. The third-order valence-corrected chi connectivity index (χ3v) is 1.43. The van der Waals surface area contributed by atoms with Crippen LogP contribution < -0.4 is 0 Å². The van der Waals surface area contributed by atoms with Crippen LogP contribution in [-0.4, -0.2) is 19.7 Å². The topological polar surface area (TPSA) is 44.8 Å². The van der Waals surface area contributed by atoms with Gasteiger partial charge in [-0.05, 0) is 18.9 Å². The van der Waals surface area contributed by atoms with Gasteiger partial charge >= 0.3 is 5.97 Å². The second-order valence-electron chi connectivity index (χ2n) is 2.52. The van der Waals surface area contributed by atoms with Crippen LogP contribution in [0.5, 0.6) is 0 Å². The van der Waals surface area contributed by atoms with E-state index in [4.69, 9.17) is 17.6 Å². The number of allylic oxidation sites excluding steroid dienone is 2. The summed E-state index contributed by atoms with van der Waals surface area (Å²) in [7, 11) is 1.36. The summed E-state index contributed by atoms with van der Waals surface area (Å²) in [5.74, 6) is 3.89. The van der Waals surface area contributed by atoms with Gasteiger partial charge in [0.25, 0.3) is 0 Å². The average molecular weight is 220 g/mol. The molecule has 16 heavy (non-hydrogen) atoms. The minimum Gasteiger partial charge on any atom is -0.413 e. The minimum absolute atomic E-state index is 0.0322. The molecule has 0 amide bonds. The lowest BCUT2D eigenvalue weighted by Gasteiger charge is -2.00. The predicted octanol–water partition coefficient (Wildman–Crippen LogP) is 1.20. The summed E-state index contributed by atoms with van der Waals surface area (Å²) in [6.45, 7) is 1.72. The molecule has 0 aromatic carbocycles. The van der Waals surface area contributed by atoms with Crippen molar-refractivity contribution in [3.8, 4) is 24.7 Å². The van der Waals surface area contributed by atoms with Crippen LogP contribution in [0.15, 0.2) is 23.5 Å². The maximum atomic E-state index is 11.2. The van der Waals surface area contributed by atoms with E-state index in [0.717, 1.165) is 0 Å². The van der Waals surface area contributed by atoms with Crippen molar-refractivity contribution in [1.82, 2.24) is 0 Å². The van der Waals surface area contributed by atoms with E-state index < -0.39 is 5.97 Å². The molecule has 4 heteroatoms. The summed E-state index contributed by atoms with van der Waals surface area (Å²) in [6, 6.07) is 0. The van der Waals surface area contributed by atoms with Crippen molar-refractivity contribution in [3.05, 3.63) is 23.5 Å². The van der Waals surface area contributed by atoms with Crippen LogP contribution in [0.2, 0.25) is 0 Å². The largest absolute Gasteiger partial charge is 0.413 e. The maximum Gasteiger partial charge on any atom is 0.336 e. The Kier molecular flexibility index (Phi) is 7.27. The number of rotatable bonds is 5. The molecule has 0 atom stereocenters. The fourth-order valence-corrected chi connectivity index (χ4v) is 0.666. The number of carbonyl (C=O) groups excluding carboxylic acids is 1. The second-order valence-corrected chi connectivity index (χ2v) is 2.52. The number of hydrogen-bond acceptors (Lipinski definition) is 4. The summed E-state index contributed by atoms with van der Waals surface area (Å²) in [5, 5.41) is 0. The Labute approximate surface area is 94.8 Å². The highest BCUT2D eigenvalue weighted by molar-refractivity contribution is 5.83. The van der Waals surface area contributed by atoms with E-state index in [-0.39, 0.29) is 12.4 Å². The van der Waals surface area contributed by atoms with Gasteiger partial charge in [-0.25, -0.2) is 14.6 Å². The lowest BCUT2D eigenvalue weighted by Crippen LogP contribution is -2.01. The molecule has 0 saturated carbocycles. The van der Waals surface area contributed by atoms with Crippen molar-refractivity contribution < 1.29 is 19.3 Å². The molecule has 0 aromatic heterocycles. The van der Waals surface area contributed by atoms with Crippen molar-refractivity contribution >= 4 is 5.97 Å². The van der Waals surface area contributed by atoms with Crippen molar-refractivity contribution in [2.75, 3.05) is 13.7 Å². The Morgan fingerprint density at radius 1 is 1.38 bits per heavy atom. The zero-order valence-corrected chi connectivity index (χ0v) is 9.15. The first-order chi connectivity index (χ1) is 7.65. The fourth-order valence-electron chi connectivity index (χ4n) is 0.666. The average Bonchev–Trinajstić information content (AvgIpc) is 2.30. The van der Waals surface area contributed by atoms with Crippen molar-refractivity contribution in [2.24, 2.45) is 0 Å². The molecule has 0 fully saturated rings. The van der Waals surface area contributed by atoms with Gasteiger partial charge in [-0.15, -0.1) is 12.8 Å². The molecule has 0 rings (SSSR count). The normalized spacial score (nSPS) is 11.5. The van der Waals surface area contributed by atoms with Crippen LogP contribution in [0.4, 0.5) is 0 Å². The molecule has 0 aromatic rings. The van der Waals surface area contributed by atoms with E-state index in [1.54, 1.807) is 6.92 Å². The number of carbonyl (C=O) groups is 1. The van der Waals surface area contributed by atoms with E-state index in [9.17, 15) is 4.79 Å². The van der Waals surface area contributed by atoms with E-state index >= 15 is 0 Å². The standard InChI is InChI=1S/C12H12O4/c1-5-10(3)11(6-2)16-12(13)8-7-9-15-14-4/h1-2,7-8H,9H2,3-4H3/b8-7+,11-10+. The smallest absolute Gasteiger partial charge is 0.336 e. The van der Waals surface area contributed by atoms with Crippen LogP contribution in [0.25, 0.3) is 0 Å². The Morgan fingerprint density at radius 3 is 2.56 bits per heavy atom. The lowest BCUT2D eigenvalue weighted by atomic mass is 10.3. The van der Waals surface area contributed by atoms with Crippen molar-refractivity contribution in [2.45, 2.75) is 6.92 Å². The zero-order valence-electron chi connectivity index (χ0n) is 9.15. The Bertz CT molecular complexity index is 377. The molecule has 0 N–H and O–H groups in total. The first kappa shape index (κ1) is 14.0. The summed E-state index contributed by atoms with van der Waals surface area (Å²) < 4.78 is 4.81. The SMILES string of the molecule is C#C/C(C)=C(\C#C)OC(=O)/C=C/COOC. The summed E-state index contributed by atoms with van der Waals surface area (Å²) >= 11 is 0. The maximum absolute atomic E-state index is 11.2. The van der Waals surface area contributed by atoms with Crippen LogP contribution in [0, 0.1) is 24.7 Å². The highest BCUT2D eigenvalue weighted by Crippen LogP contribution is 2.04. The summed E-state index contributed by atoms with van der Waals surface area (Å²) in [5.41, 5.74) is 0.386. The van der Waals surface area contributed by atoms with Gasteiger partial charge < -0.3 is 4.74 Å². The lowest BCUT2D eigenvalue weighted by molar-refractivity contribution is -0.263. The van der Waals surface area contributed by atoms with E-state index in [1.807, 2.05) is 0 Å². The molecule has 0 heterocycles. The van der Waals surface area contributed by atoms with Crippen LogP contribution in [-0.2, 0) is 19.3 Å². The van der Waals surface area contributed by atoms with Gasteiger partial charge in [0.05, 0.1) is 12.7 Å². The third kappa shape index (κ3) is 5.66. The van der Waals surface area contributed by atoms with Gasteiger partial charge in [-0.2, -0.15) is 0 Å². The molecule has 0 aliphatic heterocycles. The molecular weight excluding hydrogens is 208 g/mol. The van der Waals surface area contributed by atoms with Gasteiger partial charge in [-0.3, -0.25) is 0 Å². The monoisotopic (exact) mass is 220 g/mol. The highest BCUT2D eigenvalue weighted by atomic mass is 17.2. The number of esters is 1. The number of ether oxygens (including phenoxy) is 1. The van der Waals surface area contributed by atoms with Gasteiger partial charge in [0.2, 0.25) is 0 Å². The van der Waals surface area contributed by atoms with Gasteiger partial charge in [0, 0.05) is 6.08 Å². The van der Waals surface area contributed by atoms with E-state index in [1.165, 1.54) is 19.3 Å². The van der Waals surface area contributed by atoms with Gasteiger partial charge in [0.1, 0.15) is 6.61 Å². The highest BCUT2D eigenvalue weighted by Gasteiger charge is 2.03. The second kappa shape index (κ2) is 8.31. The molecular formula is C12H12O4. The van der Waals surface area contributed by atoms with Crippen molar-refractivity contribution in [1.29, 1.82) is 0 Å². The Morgan fingerprint density at radius 2 is 2.06 bits per heavy atom. The molecule has 0 aliphatic carbocycles. The minimum atomic E-state index is -0.623. The van der Waals surface area contributed by atoms with E-state index in [2.05, 4.69) is 21.6 Å². The van der Waals surface area contributed by atoms with Crippen LogP contribution in [0.3, 0.4) is 0 Å². The fraction of sp³-hybridized carbons (Fsp3) is 0.250. The van der Waals surface area contributed by atoms with Gasteiger partial charge in [0.15, 0.2) is 5.76 Å². The molecule has 0 unspecified atom stereocenters. The van der Waals surface area contributed by atoms with Gasteiger partial charge in [-0.1, -0.05) is 5.92 Å². The first-order valence-electron chi connectivity index (χ1n) is 4.33. The number of hydrogen-bond donors (Lipinski definition) is 0. The van der Waals surface area contributed by atoms with Crippen molar-refractivity contribution in [3.63, 3.8) is 0 Å². The first-order valence-corrected chi connectivity index (χ1v) is 4.33. The third-order valence-electron chi connectivity index (χ3n) is 1.43. The van der Waals surface area contributed by atoms with Crippen LogP contribution >= 0.6 is 0 Å². The molecule has 0 aliphatic rings. The van der Waals surface area contributed by atoms with E-state index in [0.29, 0.717) is 5.57 Å². The molecule has 0 saturated heterocycles. The molecule has 0 radical (unpaired) electrons. The zero-order chi connectivity index (χ0) is 12.4. The van der Waals surface area contributed by atoms with Crippen LogP contribution in [0.1, 0.15) is 6.92 Å². The predicted molar refractivity (Wildman–Crippen MR) is 58.6 cm³/mol. The Hall–Kier alpha value is -2.01. The molecule has 84 valence electrons. The number of terminal acetylenes is 2. The Balaban J connectivity index is 4.31.